The van der Waals surface area contributed by atoms with Crippen LogP contribution in [0.3, 0.4) is 0 Å². The van der Waals surface area contributed by atoms with Gasteiger partial charge in [-0.25, -0.2) is 0 Å². The van der Waals surface area contributed by atoms with Crippen molar-refractivity contribution in [1.82, 2.24) is 5.32 Å². The third kappa shape index (κ3) is 4.49. The SMILES string of the molecule is CCC(=O)N[C@@H](C)COc1ccccc1. The summed E-state index contributed by atoms with van der Waals surface area (Å²) < 4.78 is 5.50. The monoisotopic (exact) mass is 207 g/mol. The summed E-state index contributed by atoms with van der Waals surface area (Å²) in [7, 11) is 0. The summed E-state index contributed by atoms with van der Waals surface area (Å²) in [6, 6.07) is 9.62. The van der Waals surface area contributed by atoms with Gasteiger partial charge in [-0.1, -0.05) is 25.1 Å². The van der Waals surface area contributed by atoms with Crippen molar-refractivity contribution in [2.24, 2.45) is 0 Å². The van der Waals surface area contributed by atoms with E-state index < -0.39 is 0 Å². The zero-order valence-electron chi connectivity index (χ0n) is 9.19. The molecule has 1 rings (SSSR count). The van der Waals surface area contributed by atoms with Crippen LogP contribution < -0.4 is 10.1 Å². The maximum absolute atomic E-state index is 11.1. The molecule has 1 atom stereocenters. The Kier molecular flexibility index (Phi) is 4.68. The first kappa shape index (κ1) is 11.6. The Hall–Kier alpha value is -1.51. The second kappa shape index (κ2) is 6.06. The molecule has 82 valence electrons. The molecule has 0 heterocycles. The maximum atomic E-state index is 11.1. The van der Waals surface area contributed by atoms with Gasteiger partial charge in [-0.05, 0) is 19.1 Å². The average Bonchev–Trinajstić information content (AvgIpc) is 2.27. The third-order valence-electron chi connectivity index (χ3n) is 1.97. The number of para-hydroxylation sites is 1. The molecular weight excluding hydrogens is 190 g/mol. The molecule has 0 radical (unpaired) electrons. The molecule has 1 aromatic rings. The van der Waals surface area contributed by atoms with Gasteiger partial charge in [-0.2, -0.15) is 0 Å². The van der Waals surface area contributed by atoms with E-state index in [1.165, 1.54) is 0 Å². The number of amides is 1. The van der Waals surface area contributed by atoms with Gasteiger partial charge in [0, 0.05) is 6.42 Å². The van der Waals surface area contributed by atoms with Gasteiger partial charge in [-0.3, -0.25) is 4.79 Å². The molecule has 1 aromatic carbocycles. The topological polar surface area (TPSA) is 38.3 Å². The summed E-state index contributed by atoms with van der Waals surface area (Å²) in [5, 5.41) is 2.84. The zero-order valence-corrected chi connectivity index (χ0v) is 9.19. The molecule has 1 N–H and O–H groups in total. The first-order chi connectivity index (χ1) is 7.22. The van der Waals surface area contributed by atoms with E-state index in [1.807, 2.05) is 44.2 Å². The van der Waals surface area contributed by atoms with Crippen molar-refractivity contribution >= 4 is 5.91 Å². The summed E-state index contributed by atoms with van der Waals surface area (Å²) >= 11 is 0. The highest BCUT2D eigenvalue weighted by atomic mass is 16.5. The first-order valence-corrected chi connectivity index (χ1v) is 5.19. The van der Waals surface area contributed by atoms with E-state index >= 15 is 0 Å². The number of benzene rings is 1. The van der Waals surface area contributed by atoms with Gasteiger partial charge in [-0.15, -0.1) is 0 Å². The van der Waals surface area contributed by atoms with Gasteiger partial charge in [0.1, 0.15) is 12.4 Å². The number of carbonyl (C=O) groups is 1. The van der Waals surface area contributed by atoms with Gasteiger partial charge < -0.3 is 10.1 Å². The molecule has 0 unspecified atom stereocenters. The van der Waals surface area contributed by atoms with E-state index in [0.717, 1.165) is 5.75 Å². The van der Waals surface area contributed by atoms with Crippen LogP contribution in [-0.2, 0) is 4.79 Å². The maximum Gasteiger partial charge on any atom is 0.220 e. The van der Waals surface area contributed by atoms with Crippen molar-refractivity contribution in [3.63, 3.8) is 0 Å². The quantitative estimate of drug-likeness (QED) is 0.801. The number of carbonyl (C=O) groups excluding carboxylic acids is 1. The zero-order chi connectivity index (χ0) is 11.1. The molecule has 3 heteroatoms. The van der Waals surface area contributed by atoms with Gasteiger partial charge in [0.2, 0.25) is 5.91 Å². The molecule has 0 aliphatic heterocycles. The summed E-state index contributed by atoms with van der Waals surface area (Å²) in [4.78, 5) is 11.1. The lowest BCUT2D eigenvalue weighted by atomic mass is 10.3. The fourth-order valence-electron chi connectivity index (χ4n) is 1.16. The fourth-order valence-corrected chi connectivity index (χ4v) is 1.16. The first-order valence-electron chi connectivity index (χ1n) is 5.19. The Morgan fingerprint density at radius 3 is 2.67 bits per heavy atom. The molecule has 0 bridgehead atoms. The molecule has 15 heavy (non-hydrogen) atoms. The number of nitrogens with one attached hydrogen (secondary N) is 1. The Morgan fingerprint density at radius 2 is 2.07 bits per heavy atom. The standard InChI is InChI=1S/C12H17NO2/c1-3-12(14)13-10(2)9-15-11-7-5-4-6-8-11/h4-8,10H,3,9H2,1-2H3,(H,13,14)/t10-/m0/s1. The van der Waals surface area contributed by atoms with Crippen LogP contribution in [0.15, 0.2) is 30.3 Å². The van der Waals surface area contributed by atoms with Crippen molar-refractivity contribution in [3.05, 3.63) is 30.3 Å². The lowest BCUT2D eigenvalue weighted by Gasteiger charge is -2.14. The van der Waals surface area contributed by atoms with Crippen LogP contribution in [0.2, 0.25) is 0 Å². The minimum Gasteiger partial charge on any atom is -0.491 e. The van der Waals surface area contributed by atoms with Crippen molar-refractivity contribution in [2.45, 2.75) is 26.3 Å². The third-order valence-corrected chi connectivity index (χ3v) is 1.97. The second-order valence-electron chi connectivity index (χ2n) is 3.45. The van der Waals surface area contributed by atoms with Crippen LogP contribution in [0, 0.1) is 0 Å². The molecule has 0 saturated carbocycles. The summed E-state index contributed by atoms with van der Waals surface area (Å²) in [5.41, 5.74) is 0. The predicted octanol–water partition coefficient (Wildman–Crippen LogP) is 1.98. The van der Waals surface area contributed by atoms with Crippen LogP contribution in [0.25, 0.3) is 0 Å². The highest BCUT2D eigenvalue weighted by Crippen LogP contribution is 2.08. The Balaban J connectivity index is 2.28. The lowest BCUT2D eigenvalue weighted by molar-refractivity contribution is -0.121. The molecule has 0 aliphatic carbocycles. The number of hydrogen-bond acceptors (Lipinski definition) is 2. The molecule has 0 spiro atoms. The largest absolute Gasteiger partial charge is 0.491 e. The minimum atomic E-state index is 0.0395. The predicted molar refractivity (Wildman–Crippen MR) is 59.8 cm³/mol. The van der Waals surface area contributed by atoms with Crippen LogP contribution in [-0.4, -0.2) is 18.6 Å². The molecular formula is C12H17NO2. The van der Waals surface area contributed by atoms with Crippen LogP contribution >= 0.6 is 0 Å². The smallest absolute Gasteiger partial charge is 0.220 e. The van der Waals surface area contributed by atoms with E-state index in [1.54, 1.807) is 0 Å². The molecule has 1 amide bonds. The molecule has 3 nitrogen and oxygen atoms in total. The minimum absolute atomic E-state index is 0.0395. The second-order valence-corrected chi connectivity index (χ2v) is 3.45. The summed E-state index contributed by atoms with van der Waals surface area (Å²) in [5.74, 6) is 0.884. The normalized spacial score (nSPS) is 11.9. The van der Waals surface area contributed by atoms with E-state index in [0.29, 0.717) is 13.0 Å². The van der Waals surface area contributed by atoms with Crippen molar-refractivity contribution < 1.29 is 9.53 Å². The summed E-state index contributed by atoms with van der Waals surface area (Å²) in [6.07, 6.45) is 0.510. The number of rotatable bonds is 5. The van der Waals surface area contributed by atoms with E-state index in [2.05, 4.69) is 5.32 Å². The molecule has 0 aromatic heterocycles. The van der Waals surface area contributed by atoms with Crippen LogP contribution in [0.5, 0.6) is 5.75 Å². The van der Waals surface area contributed by atoms with E-state index in [-0.39, 0.29) is 11.9 Å². The van der Waals surface area contributed by atoms with E-state index in [4.69, 9.17) is 4.74 Å². The Labute approximate surface area is 90.4 Å². The van der Waals surface area contributed by atoms with Gasteiger partial charge in [0.15, 0.2) is 0 Å². The molecule has 0 saturated heterocycles. The Bertz CT molecular complexity index is 298. The van der Waals surface area contributed by atoms with Gasteiger partial charge in [0.25, 0.3) is 0 Å². The van der Waals surface area contributed by atoms with Crippen molar-refractivity contribution in [3.8, 4) is 5.75 Å². The molecule has 0 fully saturated rings. The van der Waals surface area contributed by atoms with Crippen molar-refractivity contribution in [1.29, 1.82) is 0 Å². The highest BCUT2D eigenvalue weighted by Gasteiger charge is 2.05. The van der Waals surface area contributed by atoms with E-state index in [9.17, 15) is 4.79 Å². The lowest BCUT2D eigenvalue weighted by Crippen LogP contribution is -2.36. The van der Waals surface area contributed by atoms with Crippen molar-refractivity contribution in [2.75, 3.05) is 6.61 Å². The number of ether oxygens (including phenoxy) is 1. The average molecular weight is 207 g/mol. The van der Waals surface area contributed by atoms with Crippen LogP contribution in [0.1, 0.15) is 20.3 Å². The number of hydrogen-bond donors (Lipinski definition) is 1. The fraction of sp³-hybridized carbons (Fsp3) is 0.417. The van der Waals surface area contributed by atoms with Crippen LogP contribution in [0.4, 0.5) is 0 Å². The van der Waals surface area contributed by atoms with Gasteiger partial charge in [0.05, 0.1) is 6.04 Å². The highest BCUT2D eigenvalue weighted by molar-refractivity contribution is 5.75. The Morgan fingerprint density at radius 1 is 1.40 bits per heavy atom. The van der Waals surface area contributed by atoms with Gasteiger partial charge >= 0.3 is 0 Å². The molecule has 0 aliphatic rings. The summed E-state index contributed by atoms with van der Waals surface area (Å²) in [6.45, 7) is 4.26.